The van der Waals surface area contributed by atoms with Crippen LogP contribution in [0, 0.1) is 0 Å². The lowest BCUT2D eigenvalue weighted by Crippen LogP contribution is -2.12. The van der Waals surface area contributed by atoms with Crippen molar-refractivity contribution in [2.75, 3.05) is 19.8 Å². The van der Waals surface area contributed by atoms with E-state index in [-0.39, 0.29) is 6.10 Å². The number of rotatable bonds is 17. The molecule has 0 aliphatic carbocycles. The fraction of sp³-hybridized carbons (Fsp3) is 0.593. The summed E-state index contributed by atoms with van der Waals surface area (Å²) < 4.78 is 11.3. The quantitative estimate of drug-likeness (QED) is 0.289. The second-order valence-corrected chi connectivity index (χ2v) is 8.29. The number of aromatic nitrogens is 1. The van der Waals surface area contributed by atoms with E-state index >= 15 is 0 Å². The number of unbranched alkanes of at least 4 members (excludes halogenated alkanes) is 5. The highest BCUT2D eigenvalue weighted by molar-refractivity contribution is 5.60. The molecule has 2 rings (SSSR count). The molecule has 0 amide bonds. The van der Waals surface area contributed by atoms with E-state index in [1.807, 2.05) is 18.3 Å². The van der Waals surface area contributed by atoms with E-state index in [1.54, 1.807) is 0 Å². The van der Waals surface area contributed by atoms with Gasteiger partial charge in [-0.15, -0.1) is 0 Å². The lowest BCUT2D eigenvalue weighted by atomic mass is 10.1. The molecule has 4 heteroatoms. The predicted molar refractivity (Wildman–Crippen MR) is 129 cm³/mol. The van der Waals surface area contributed by atoms with E-state index in [0.717, 1.165) is 61.5 Å². The van der Waals surface area contributed by atoms with Crippen molar-refractivity contribution in [3.05, 3.63) is 48.2 Å². The highest BCUT2D eigenvalue weighted by Crippen LogP contribution is 2.21. The van der Waals surface area contributed by atoms with Crippen molar-refractivity contribution in [3.8, 4) is 17.0 Å². The van der Waals surface area contributed by atoms with Crippen LogP contribution >= 0.6 is 0 Å². The number of nitrogens with zero attached hydrogens (tertiary/aromatic N) is 1. The van der Waals surface area contributed by atoms with Gasteiger partial charge in [0.25, 0.3) is 0 Å². The third kappa shape index (κ3) is 10.8. The van der Waals surface area contributed by atoms with E-state index in [4.69, 9.17) is 9.47 Å². The molecule has 172 valence electrons. The summed E-state index contributed by atoms with van der Waals surface area (Å²) in [4.78, 5) is 4.61. The molecule has 1 heterocycles. The molecule has 0 radical (unpaired) electrons. The van der Waals surface area contributed by atoms with Crippen LogP contribution in [0.5, 0.6) is 5.75 Å². The summed E-state index contributed by atoms with van der Waals surface area (Å²) in [6.45, 7) is 6.52. The van der Waals surface area contributed by atoms with Crippen LogP contribution in [0.15, 0.2) is 42.6 Å². The van der Waals surface area contributed by atoms with Gasteiger partial charge in [0.15, 0.2) is 0 Å². The first-order chi connectivity index (χ1) is 15.2. The SMILES string of the molecule is CCCCCCCCOc1ccc(-c2ccc(CCC(O)CCOCCC)cn2)cc1. The Morgan fingerprint density at radius 2 is 1.58 bits per heavy atom. The fourth-order valence-corrected chi connectivity index (χ4v) is 3.48. The average Bonchev–Trinajstić information content (AvgIpc) is 2.81. The van der Waals surface area contributed by atoms with Crippen LogP contribution in [0.3, 0.4) is 0 Å². The van der Waals surface area contributed by atoms with Gasteiger partial charge in [-0.2, -0.15) is 0 Å². The van der Waals surface area contributed by atoms with Crippen LogP contribution in [0.25, 0.3) is 11.3 Å². The van der Waals surface area contributed by atoms with Crippen LogP contribution in [0.4, 0.5) is 0 Å². The maximum atomic E-state index is 10.1. The number of benzene rings is 1. The van der Waals surface area contributed by atoms with Crippen molar-refractivity contribution in [2.45, 2.75) is 84.2 Å². The Hall–Kier alpha value is -1.91. The van der Waals surface area contributed by atoms with Gasteiger partial charge >= 0.3 is 0 Å². The van der Waals surface area contributed by atoms with Crippen molar-refractivity contribution in [2.24, 2.45) is 0 Å². The van der Waals surface area contributed by atoms with Gasteiger partial charge in [0.1, 0.15) is 5.75 Å². The van der Waals surface area contributed by atoms with Gasteiger partial charge in [0.05, 0.1) is 18.4 Å². The molecule has 1 aromatic carbocycles. The Balaban J connectivity index is 1.69. The zero-order chi connectivity index (χ0) is 22.2. The van der Waals surface area contributed by atoms with E-state index in [0.29, 0.717) is 13.0 Å². The number of hydrogen-bond donors (Lipinski definition) is 1. The smallest absolute Gasteiger partial charge is 0.119 e. The maximum absolute atomic E-state index is 10.1. The second kappa shape index (κ2) is 15.8. The zero-order valence-electron chi connectivity index (χ0n) is 19.5. The van der Waals surface area contributed by atoms with E-state index in [1.165, 1.54) is 32.1 Å². The Labute approximate surface area is 189 Å². The molecule has 0 bridgehead atoms. The highest BCUT2D eigenvalue weighted by atomic mass is 16.5. The highest BCUT2D eigenvalue weighted by Gasteiger charge is 2.06. The summed E-state index contributed by atoms with van der Waals surface area (Å²) in [5, 5.41) is 10.1. The molecule has 2 aromatic rings. The topological polar surface area (TPSA) is 51.6 Å². The van der Waals surface area contributed by atoms with Gasteiger partial charge in [-0.3, -0.25) is 4.98 Å². The van der Waals surface area contributed by atoms with E-state index in [2.05, 4.69) is 43.1 Å². The molecule has 1 unspecified atom stereocenters. The Morgan fingerprint density at radius 1 is 0.806 bits per heavy atom. The first kappa shape index (κ1) is 25.4. The maximum Gasteiger partial charge on any atom is 0.119 e. The van der Waals surface area contributed by atoms with Crippen molar-refractivity contribution < 1.29 is 14.6 Å². The van der Waals surface area contributed by atoms with Crippen molar-refractivity contribution in [1.82, 2.24) is 4.98 Å². The third-order valence-electron chi connectivity index (χ3n) is 5.45. The predicted octanol–water partition coefficient (Wildman–Crippen LogP) is 6.60. The number of hydrogen-bond acceptors (Lipinski definition) is 4. The Morgan fingerprint density at radius 3 is 2.29 bits per heavy atom. The summed E-state index contributed by atoms with van der Waals surface area (Å²) >= 11 is 0. The molecule has 1 aromatic heterocycles. The van der Waals surface area contributed by atoms with Crippen molar-refractivity contribution >= 4 is 0 Å². The Kier molecular flexibility index (Phi) is 12.9. The molecule has 0 aliphatic rings. The zero-order valence-corrected chi connectivity index (χ0v) is 19.5. The summed E-state index contributed by atoms with van der Waals surface area (Å²) in [6.07, 6.45) is 12.5. The molecular weight excluding hydrogens is 386 g/mol. The molecule has 1 N–H and O–H groups in total. The van der Waals surface area contributed by atoms with Crippen LogP contribution in [0.2, 0.25) is 0 Å². The third-order valence-corrected chi connectivity index (χ3v) is 5.45. The Bertz CT molecular complexity index is 685. The van der Waals surface area contributed by atoms with Gasteiger partial charge in [-0.25, -0.2) is 0 Å². The molecule has 0 aliphatic heterocycles. The van der Waals surface area contributed by atoms with Gasteiger partial charge in [-0.1, -0.05) is 52.0 Å². The number of ether oxygens (including phenoxy) is 2. The fourth-order valence-electron chi connectivity index (χ4n) is 3.48. The molecule has 0 spiro atoms. The van der Waals surface area contributed by atoms with Crippen LogP contribution in [-0.2, 0) is 11.2 Å². The largest absolute Gasteiger partial charge is 0.494 e. The molecule has 0 saturated heterocycles. The minimum Gasteiger partial charge on any atom is -0.494 e. The monoisotopic (exact) mass is 427 g/mol. The molecule has 4 nitrogen and oxygen atoms in total. The molecule has 0 saturated carbocycles. The lowest BCUT2D eigenvalue weighted by molar-refractivity contribution is 0.0785. The van der Waals surface area contributed by atoms with Crippen LogP contribution < -0.4 is 4.74 Å². The molecule has 31 heavy (non-hydrogen) atoms. The summed E-state index contributed by atoms with van der Waals surface area (Å²) in [7, 11) is 0. The summed E-state index contributed by atoms with van der Waals surface area (Å²) in [5.41, 5.74) is 3.20. The van der Waals surface area contributed by atoms with Gasteiger partial charge in [0, 0.05) is 25.0 Å². The van der Waals surface area contributed by atoms with Crippen LogP contribution in [0.1, 0.15) is 77.2 Å². The number of pyridine rings is 1. The first-order valence-electron chi connectivity index (χ1n) is 12.2. The van der Waals surface area contributed by atoms with E-state index in [9.17, 15) is 5.11 Å². The number of aliphatic hydroxyl groups is 1. The molecule has 1 atom stereocenters. The van der Waals surface area contributed by atoms with Crippen molar-refractivity contribution in [3.63, 3.8) is 0 Å². The normalized spacial score (nSPS) is 12.1. The average molecular weight is 428 g/mol. The number of aryl methyl sites for hydroxylation is 1. The molecular formula is C27H41NO3. The van der Waals surface area contributed by atoms with Gasteiger partial charge in [0.2, 0.25) is 0 Å². The summed E-state index contributed by atoms with van der Waals surface area (Å²) in [5.74, 6) is 0.922. The lowest BCUT2D eigenvalue weighted by Gasteiger charge is -2.11. The van der Waals surface area contributed by atoms with Crippen LogP contribution in [-0.4, -0.2) is 36.0 Å². The number of aliphatic hydroxyl groups excluding tert-OH is 1. The minimum atomic E-state index is -0.319. The summed E-state index contributed by atoms with van der Waals surface area (Å²) in [6, 6.07) is 12.3. The van der Waals surface area contributed by atoms with Gasteiger partial charge < -0.3 is 14.6 Å². The van der Waals surface area contributed by atoms with E-state index < -0.39 is 0 Å². The first-order valence-corrected chi connectivity index (χ1v) is 12.2. The minimum absolute atomic E-state index is 0.319. The van der Waals surface area contributed by atoms with Crippen molar-refractivity contribution in [1.29, 1.82) is 0 Å². The van der Waals surface area contributed by atoms with Gasteiger partial charge in [-0.05, 0) is 68.0 Å². The second-order valence-electron chi connectivity index (χ2n) is 8.29. The standard InChI is InChI=1S/C27H41NO3/c1-3-5-6-7-8-9-20-31-26-15-12-24(13-16-26)27-17-11-23(22-28-27)10-14-25(29)18-21-30-19-4-2/h11-13,15-17,22,25,29H,3-10,14,18-21H2,1-2H3. The molecule has 0 fully saturated rings.